The lowest BCUT2D eigenvalue weighted by molar-refractivity contribution is 0.0600. The molecular weight excluding hydrogens is 449 g/mol. The minimum atomic E-state index is -0.303. The van der Waals surface area contributed by atoms with E-state index < -0.39 is 0 Å². The minimum absolute atomic E-state index is 0. The van der Waals surface area contributed by atoms with E-state index in [2.05, 4.69) is 22.5 Å². The average Bonchev–Trinajstić information content (AvgIpc) is 3.04. The van der Waals surface area contributed by atoms with Gasteiger partial charge in [0, 0.05) is 24.9 Å². The maximum absolute atomic E-state index is 11.4. The van der Waals surface area contributed by atoms with E-state index in [-0.39, 0.29) is 29.9 Å². The van der Waals surface area contributed by atoms with Crippen molar-refractivity contribution in [2.24, 2.45) is 4.99 Å². The SMILES string of the molecule is CN=C(NCCc1ccc(C(=O)OC)cc1)NCC1(C)CCCS1.I. The highest BCUT2D eigenvalue weighted by Gasteiger charge is 2.29. The minimum Gasteiger partial charge on any atom is -0.465 e. The van der Waals surface area contributed by atoms with Crippen LogP contribution in [-0.2, 0) is 11.2 Å². The summed E-state index contributed by atoms with van der Waals surface area (Å²) in [5, 5.41) is 6.77. The quantitative estimate of drug-likeness (QED) is 0.286. The molecule has 0 aliphatic carbocycles. The number of rotatable bonds is 6. The number of carbonyl (C=O) groups is 1. The normalized spacial score (nSPS) is 19.9. The Labute approximate surface area is 171 Å². The number of carbonyl (C=O) groups excluding carboxylic acids is 1. The van der Waals surface area contributed by atoms with Gasteiger partial charge in [0.15, 0.2) is 5.96 Å². The van der Waals surface area contributed by atoms with Crippen LogP contribution < -0.4 is 10.6 Å². The molecule has 7 heteroatoms. The third kappa shape index (κ3) is 7.05. The van der Waals surface area contributed by atoms with Crippen LogP contribution in [0.15, 0.2) is 29.3 Å². The highest BCUT2D eigenvalue weighted by molar-refractivity contribution is 14.0. The van der Waals surface area contributed by atoms with Crippen molar-refractivity contribution in [3.8, 4) is 0 Å². The topological polar surface area (TPSA) is 62.7 Å². The van der Waals surface area contributed by atoms with Crippen LogP contribution in [0.1, 0.15) is 35.7 Å². The fraction of sp³-hybridized carbons (Fsp3) is 0.556. The number of thioether (sulfide) groups is 1. The lowest BCUT2D eigenvalue weighted by Crippen LogP contribution is -2.44. The Kier molecular flexibility index (Phi) is 9.63. The molecule has 1 heterocycles. The fourth-order valence-electron chi connectivity index (χ4n) is 2.72. The molecule has 0 saturated carbocycles. The predicted octanol–water partition coefficient (Wildman–Crippen LogP) is 3.08. The molecule has 1 unspecified atom stereocenters. The second-order valence-corrected chi connectivity index (χ2v) is 7.88. The molecule has 1 aliphatic rings. The van der Waals surface area contributed by atoms with Gasteiger partial charge in [-0.1, -0.05) is 12.1 Å². The fourth-order valence-corrected chi connectivity index (χ4v) is 3.96. The number of esters is 1. The molecule has 1 aliphatic heterocycles. The second-order valence-electron chi connectivity index (χ2n) is 6.19. The van der Waals surface area contributed by atoms with Crippen molar-refractivity contribution >= 4 is 47.7 Å². The molecule has 0 spiro atoms. The lowest BCUT2D eigenvalue weighted by Gasteiger charge is -2.24. The Bertz CT molecular complexity index is 572. The van der Waals surface area contributed by atoms with E-state index in [1.54, 1.807) is 19.2 Å². The second kappa shape index (κ2) is 10.9. The molecule has 0 radical (unpaired) electrons. The van der Waals surface area contributed by atoms with Crippen molar-refractivity contribution in [1.29, 1.82) is 0 Å². The molecule has 0 amide bonds. The van der Waals surface area contributed by atoms with E-state index in [4.69, 9.17) is 4.74 Å². The van der Waals surface area contributed by atoms with Gasteiger partial charge in [0.05, 0.1) is 12.7 Å². The standard InChI is InChI=1S/C18H27N3O2S.HI/c1-18(10-4-12-24-18)13-21-17(19-2)20-11-9-14-5-7-15(8-6-14)16(22)23-3;/h5-8H,4,9-13H2,1-3H3,(H2,19,20,21);1H. The Morgan fingerprint density at radius 2 is 2.04 bits per heavy atom. The van der Waals surface area contributed by atoms with Crippen LogP contribution in [-0.4, -0.2) is 49.7 Å². The Hall–Kier alpha value is -0.960. The van der Waals surface area contributed by atoms with Gasteiger partial charge in [-0.05, 0) is 49.6 Å². The molecule has 25 heavy (non-hydrogen) atoms. The first-order valence-electron chi connectivity index (χ1n) is 8.32. The Balaban J connectivity index is 0.00000312. The van der Waals surface area contributed by atoms with Gasteiger partial charge in [-0.3, -0.25) is 4.99 Å². The molecule has 2 N–H and O–H groups in total. The van der Waals surface area contributed by atoms with E-state index in [0.717, 1.165) is 25.5 Å². The van der Waals surface area contributed by atoms with Crippen molar-refractivity contribution in [3.05, 3.63) is 35.4 Å². The van der Waals surface area contributed by atoms with E-state index in [0.29, 0.717) is 10.3 Å². The smallest absolute Gasteiger partial charge is 0.337 e. The average molecular weight is 477 g/mol. The molecule has 5 nitrogen and oxygen atoms in total. The first kappa shape index (κ1) is 22.1. The number of nitrogens with one attached hydrogen (secondary N) is 2. The molecule has 0 bridgehead atoms. The monoisotopic (exact) mass is 477 g/mol. The van der Waals surface area contributed by atoms with Gasteiger partial charge in [0.1, 0.15) is 0 Å². The Morgan fingerprint density at radius 1 is 1.32 bits per heavy atom. The number of benzene rings is 1. The number of hydrogen-bond acceptors (Lipinski definition) is 4. The lowest BCUT2D eigenvalue weighted by atomic mass is 10.1. The van der Waals surface area contributed by atoms with Crippen molar-refractivity contribution < 1.29 is 9.53 Å². The summed E-state index contributed by atoms with van der Waals surface area (Å²) in [5.41, 5.74) is 1.75. The zero-order valence-electron chi connectivity index (χ0n) is 15.1. The number of nitrogens with zero attached hydrogens (tertiary/aromatic N) is 1. The third-order valence-electron chi connectivity index (χ3n) is 4.24. The van der Waals surface area contributed by atoms with E-state index in [9.17, 15) is 4.79 Å². The summed E-state index contributed by atoms with van der Waals surface area (Å²) in [4.78, 5) is 15.7. The van der Waals surface area contributed by atoms with Crippen LogP contribution in [0.25, 0.3) is 0 Å². The molecule has 0 aromatic heterocycles. The van der Waals surface area contributed by atoms with Crippen LogP contribution >= 0.6 is 35.7 Å². The van der Waals surface area contributed by atoms with Gasteiger partial charge < -0.3 is 15.4 Å². The van der Waals surface area contributed by atoms with Crippen LogP contribution in [0.2, 0.25) is 0 Å². The number of methoxy groups -OCH3 is 1. The molecule has 140 valence electrons. The van der Waals surface area contributed by atoms with E-state index in [1.165, 1.54) is 31.3 Å². The summed E-state index contributed by atoms with van der Waals surface area (Å²) in [6.07, 6.45) is 3.43. The zero-order valence-corrected chi connectivity index (χ0v) is 18.3. The number of guanidine groups is 1. The van der Waals surface area contributed by atoms with Gasteiger partial charge >= 0.3 is 5.97 Å². The van der Waals surface area contributed by atoms with Crippen LogP contribution in [0.4, 0.5) is 0 Å². The summed E-state index contributed by atoms with van der Waals surface area (Å²) >= 11 is 2.04. The highest BCUT2D eigenvalue weighted by atomic mass is 127. The van der Waals surface area contributed by atoms with Gasteiger partial charge in [0.2, 0.25) is 0 Å². The van der Waals surface area contributed by atoms with Crippen molar-refractivity contribution in [2.75, 3.05) is 33.0 Å². The van der Waals surface area contributed by atoms with Gasteiger partial charge in [0.25, 0.3) is 0 Å². The summed E-state index contributed by atoms with van der Waals surface area (Å²) in [6.45, 7) is 4.04. The summed E-state index contributed by atoms with van der Waals surface area (Å²) in [5.74, 6) is 1.80. The number of halogens is 1. The van der Waals surface area contributed by atoms with Gasteiger partial charge in [-0.25, -0.2) is 4.79 Å². The largest absolute Gasteiger partial charge is 0.465 e. The molecule has 1 saturated heterocycles. The van der Waals surface area contributed by atoms with Crippen LogP contribution in [0.5, 0.6) is 0 Å². The molecule has 1 aromatic rings. The first-order chi connectivity index (χ1) is 11.6. The highest BCUT2D eigenvalue weighted by Crippen LogP contribution is 2.36. The third-order valence-corrected chi connectivity index (χ3v) is 5.77. The van der Waals surface area contributed by atoms with E-state index >= 15 is 0 Å². The summed E-state index contributed by atoms with van der Waals surface area (Å²) in [7, 11) is 3.19. The van der Waals surface area contributed by atoms with Crippen molar-refractivity contribution in [1.82, 2.24) is 10.6 Å². The predicted molar refractivity (Wildman–Crippen MR) is 116 cm³/mol. The molecule has 1 aromatic carbocycles. The number of ether oxygens (including phenoxy) is 1. The maximum Gasteiger partial charge on any atom is 0.337 e. The summed E-state index contributed by atoms with van der Waals surface area (Å²) < 4.78 is 5.02. The first-order valence-corrected chi connectivity index (χ1v) is 9.30. The molecule has 1 fully saturated rings. The van der Waals surface area contributed by atoms with Crippen LogP contribution in [0.3, 0.4) is 0 Å². The summed E-state index contributed by atoms with van der Waals surface area (Å²) in [6, 6.07) is 7.51. The molecular formula is C18H28IN3O2S. The van der Waals surface area contributed by atoms with Gasteiger partial charge in [-0.2, -0.15) is 11.8 Å². The van der Waals surface area contributed by atoms with Gasteiger partial charge in [-0.15, -0.1) is 24.0 Å². The zero-order chi connectivity index (χ0) is 17.4. The van der Waals surface area contributed by atoms with E-state index in [1.807, 2.05) is 23.9 Å². The number of hydrogen-bond donors (Lipinski definition) is 2. The molecule has 1 atom stereocenters. The van der Waals surface area contributed by atoms with Crippen molar-refractivity contribution in [3.63, 3.8) is 0 Å². The molecule has 2 rings (SSSR count). The van der Waals surface area contributed by atoms with Crippen LogP contribution in [0, 0.1) is 0 Å². The van der Waals surface area contributed by atoms with Crippen molar-refractivity contribution in [2.45, 2.75) is 30.9 Å². The maximum atomic E-state index is 11.4. The Morgan fingerprint density at radius 3 is 2.60 bits per heavy atom. The number of aliphatic imine (C=N–C) groups is 1.